The summed E-state index contributed by atoms with van der Waals surface area (Å²) in [6, 6.07) is 13.8. The van der Waals surface area contributed by atoms with Crippen LogP contribution >= 0.6 is 11.8 Å². The summed E-state index contributed by atoms with van der Waals surface area (Å²) in [5.41, 5.74) is -0.0760. The zero-order valence-corrected chi connectivity index (χ0v) is 16.8. The summed E-state index contributed by atoms with van der Waals surface area (Å²) in [6.45, 7) is 2.36. The molecule has 10 heteroatoms. The molecule has 158 valence electrons. The summed E-state index contributed by atoms with van der Waals surface area (Å²) in [6.07, 6.45) is -4.44. The lowest BCUT2D eigenvalue weighted by Gasteiger charge is -2.11. The van der Waals surface area contributed by atoms with Gasteiger partial charge in [-0.2, -0.15) is 13.2 Å². The fourth-order valence-electron chi connectivity index (χ4n) is 2.61. The molecule has 0 spiro atoms. The largest absolute Gasteiger partial charge is 0.486 e. The molecule has 0 radical (unpaired) electrons. The summed E-state index contributed by atoms with van der Waals surface area (Å²) in [7, 11) is 0. The van der Waals surface area contributed by atoms with Crippen molar-refractivity contribution in [1.29, 1.82) is 0 Å². The van der Waals surface area contributed by atoms with Crippen molar-refractivity contribution in [2.24, 2.45) is 0 Å². The van der Waals surface area contributed by atoms with E-state index in [4.69, 9.17) is 4.74 Å². The number of halogens is 3. The van der Waals surface area contributed by atoms with Gasteiger partial charge in [0.05, 0.1) is 11.3 Å². The number of carbonyl (C=O) groups excluding carboxylic acids is 1. The molecule has 2 aromatic carbocycles. The predicted octanol–water partition coefficient (Wildman–Crippen LogP) is 4.63. The third-order valence-corrected chi connectivity index (χ3v) is 5.00. The van der Waals surface area contributed by atoms with Crippen molar-refractivity contribution in [2.75, 3.05) is 11.1 Å². The fourth-order valence-corrected chi connectivity index (χ4v) is 3.43. The van der Waals surface area contributed by atoms with Crippen LogP contribution in [0.3, 0.4) is 0 Å². The zero-order valence-electron chi connectivity index (χ0n) is 16.0. The number of nitrogens with one attached hydrogen (secondary N) is 1. The zero-order chi connectivity index (χ0) is 21.6. The molecule has 0 saturated carbocycles. The predicted molar refractivity (Wildman–Crippen MR) is 107 cm³/mol. The summed E-state index contributed by atoms with van der Waals surface area (Å²) in [4.78, 5) is 12.1. The molecule has 0 atom stereocenters. The number of rotatable bonds is 8. The van der Waals surface area contributed by atoms with E-state index in [9.17, 15) is 18.0 Å². The molecule has 0 bridgehead atoms. The molecule has 1 aromatic heterocycles. The van der Waals surface area contributed by atoms with Gasteiger partial charge in [-0.25, -0.2) is 0 Å². The molecule has 0 unspecified atom stereocenters. The lowest BCUT2D eigenvalue weighted by atomic mass is 10.2. The number of carbonyl (C=O) groups is 1. The third kappa shape index (κ3) is 5.76. The van der Waals surface area contributed by atoms with Crippen molar-refractivity contribution < 1.29 is 22.7 Å². The van der Waals surface area contributed by atoms with Crippen molar-refractivity contribution in [1.82, 2.24) is 14.8 Å². The molecular formula is C20H19F3N4O2S. The van der Waals surface area contributed by atoms with Crippen LogP contribution in [0.1, 0.15) is 18.3 Å². The van der Waals surface area contributed by atoms with E-state index < -0.39 is 11.7 Å². The Labute approximate surface area is 175 Å². The molecule has 1 heterocycles. The average molecular weight is 436 g/mol. The number of hydrogen-bond donors (Lipinski definition) is 1. The Kier molecular flexibility index (Phi) is 6.99. The number of para-hydroxylation sites is 1. The quantitative estimate of drug-likeness (QED) is 0.522. The van der Waals surface area contributed by atoms with E-state index in [0.717, 1.165) is 12.1 Å². The van der Waals surface area contributed by atoms with E-state index in [-0.39, 0.29) is 24.0 Å². The van der Waals surface area contributed by atoms with Crippen LogP contribution in [0.15, 0.2) is 59.8 Å². The number of aromatic nitrogens is 3. The molecule has 1 amide bonds. The summed E-state index contributed by atoms with van der Waals surface area (Å²) in [5, 5.41) is 11.4. The first-order valence-corrected chi connectivity index (χ1v) is 10.0. The molecule has 0 saturated heterocycles. The topological polar surface area (TPSA) is 69.0 Å². The van der Waals surface area contributed by atoms with Crippen LogP contribution in [0, 0.1) is 0 Å². The number of benzene rings is 2. The molecule has 3 rings (SSSR count). The molecule has 6 nitrogen and oxygen atoms in total. The molecule has 0 fully saturated rings. The Morgan fingerprint density at radius 1 is 1.13 bits per heavy atom. The minimum Gasteiger partial charge on any atom is -0.486 e. The van der Waals surface area contributed by atoms with Crippen LogP contribution in [0.25, 0.3) is 0 Å². The number of alkyl halides is 3. The van der Waals surface area contributed by atoms with Gasteiger partial charge in [-0.1, -0.05) is 36.0 Å². The molecular weight excluding hydrogens is 417 g/mol. The Hall–Kier alpha value is -3.01. The number of ether oxygens (including phenoxy) is 1. The Balaban J connectivity index is 1.59. The highest BCUT2D eigenvalue weighted by molar-refractivity contribution is 7.99. The van der Waals surface area contributed by atoms with Crippen molar-refractivity contribution in [3.8, 4) is 5.75 Å². The Morgan fingerprint density at radius 3 is 2.60 bits per heavy atom. The Morgan fingerprint density at radius 2 is 1.90 bits per heavy atom. The normalized spacial score (nSPS) is 11.3. The number of nitrogens with zero attached hydrogens (tertiary/aromatic N) is 3. The maximum atomic E-state index is 12.8. The minimum absolute atomic E-state index is 0.0427. The Bertz CT molecular complexity index is 993. The van der Waals surface area contributed by atoms with Gasteiger partial charge in [-0.3, -0.25) is 4.79 Å². The van der Waals surface area contributed by atoms with E-state index in [1.54, 1.807) is 16.7 Å². The third-order valence-electron chi connectivity index (χ3n) is 4.03. The second kappa shape index (κ2) is 9.66. The second-order valence-corrected chi connectivity index (χ2v) is 7.10. The molecule has 30 heavy (non-hydrogen) atoms. The first-order valence-electron chi connectivity index (χ1n) is 9.06. The van der Waals surface area contributed by atoms with E-state index in [0.29, 0.717) is 23.2 Å². The van der Waals surface area contributed by atoms with E-state index in [1.165, 1.54) is 23.9 Å². The number of anilines is 1. The molecule has 0 aliphatic carbocycles. The number of amides is 1. The number of thioether (sulfide) groups is 1. The highest BCUT2D eigenvalue weighted by Crippen LogP contribution is 2.31. The van der Waals surface area contributed by atoms with Gasteiger partial charge in [0.25, 0.3) is 0 Å². The van der Waals surface area contributed by atoms with E-state index >= 15 is 0 Å². The minimum atomic E-state index is -4.44. The lowest BCUT2D eigenvalue weighted by Crippen LogP contribution is -2.14. The van der Waals surface area contributed by atoms with E-state index in [2.05, 4.69) is 15.5 Å². The maximum absolute atomic E-state index is 12.8. The van der Waals surface area contributed by atoms with Gasteiger partial charge in [-0.05, 0) is 37.3 Å². The van der Waals surface area contributed by atoms with Gasteiger partial charge >= 0.3 is 6.18 Å². The summed E-state index contributed by atoms with van der Waals surface area (Å²) in [5.74, 6) is 0.507. The molecule has 0 aliphatic rings. The lowest BCUT2D eigenvalue weighted by molar-refractivity contribution is -0.137. The van der Waals surface area contributed by atoms with Gasteiger partial charge in [0.1, 0.15) is 12.4 Å². The van der Waals surface area contributed by atoms with Gasteiger partial charge in [0, 0.05) is 12.2 Å². The first kappa shape index (κ1) is 21.7. The van der Waals surface area contributed by atoms with Gasteiger partial charge < -0.3 is 14.6 Å². The van der Waals surface area contributed by atoms with Gasteiger partial charge in [0.2, 0.25) is 5.91 Å². The van der Waals surface area contributed by atoms with Crippen molar-refractivity contribution >= 4 is 23.4 Å². The number of hydrogen-bond acceptors (Lipinski definition) is 5. The maximum Gasteiger partial charge on any atom is 0.416 e. The standard InChI is InChI=1S/C20H19F3N4O2S/c1-2-27-17(12-29-16-10-6-7-14(11-16)20(21,22)23)25-26-19(27)30-13-18(28)24-15-8-4-3-5-9-15/h3-11H,2,12-13H2,1H3,(H,24,28). The van der Waals surface area contributed by atoms with E-state index in [1.807, 2.05) is 25.1 Å². The highest BCUT2D eigenvalue weighted by Gasteiger charge is 2.30. The van der Waals surface area contributed by atoms with Crippen LogP contribution < -0.4 is 10.1 Å². The van der Waals surface area contributed by atoms with Crippen molar-refractivity contribution in [3.05, 3.63) is 66.0 Å². The van der Waals surface area contributed by atoms with Gasteiger partial charge in [-0.15, -0.1) is 10.2 Å². The molecule has 3 aromatic rings. The summed E-state index contributed by atoms with van der Waals surface area (Å²) < 4.78 is 45.7. The average Bonchev–Trinajstić information content (AvgIpc) is 3.13. The van der Waals surface area contributed by atoms with Crippen LogP contribution in [0.4, 0.5) is 18.9 Å². The molecule has 0 aliphatic heterocycles. The highest BCUT2D eigenvalue weighted by atomic mass is 32.2. The van der Waals surface area contributed by atoms with Crippen LogP contribution in [-0.4, -0.2) is 26.4 Å². The smallest absolute Gasteiger partial charge is 0.416 e. The van der Waals surface area contributed by atoms with Crippen molar-refractivity contribution in [3.63, 3.8) is 0 Å². The SMILES string of the molecule is CCn1c(COc2cccc(C(F)(F)F)c2)nnc1SCC(=O)Nc1ccccc1. The fraction of sp³-hybridized carbons (Fsp3) is 0.250. The van der Waals surface area contributed by atoms with Gasteiger partial charge in [0.15, 0.2) is 11.0 Å². The van der Waals surface area contributed by atoms with Crippen molar-refractivity contribution in [2.45, 2.75) is 31.4 Å². The molecule has 1 N–H and O–H groups in total. The van der Waals surface area contributed by atoms with Crippen LogP contribution in [0.2, 0.25) is 0 Å². The monoisotopic (exact) mass is 436 g/mol. The first-order chi connectivity index (χ1) is 14.4. The second-order valence-electron chi connectivity index (χ2n) is 6.16. The van der Waals surface area contributed by atoms with Crippen LogP contribution in [0.5, 0.6) is 5.75 Å². The summed E-state index contributed by atoms with van der Waals surface area (Å²) >= 11 is 1.22. The van der Waals surface area contributed by atoms with Crippen LogP contribution in [-0.2, 0) is 24.1 Å².